The number of anilines is 1. The number of piperidine rings is 1. The van der Waals surface area contributed by atoms with Gasteiger partial charge in [-0.05, 0) is 64.8 Å². The number of ether oxygens (including phenoxy) is 1. The number of hydrogen-bond donors (Lipinski definition) is 1. The van der Waals surface area contributed by atoms with Gasteiger partial charge in [-0.1, -0.05) is 0 Å². The van der Waals surface area contributed by atoms with Gasteiger partial charge in [0.2, 0.25) is 0 Å². The summed E-state index contributed by atoms with van der Waals surface area (Å²) >= 11 is 0. The van der Waals surface area contributed by atoms with Gasteiger partial charge in [-0.15, -0.1) is 10.2 Å². The van der Waals surface area contributed by atoms with E-state index < -0.39 is 4.92 Å². The van der Waals surface area contributed by atoms with Crippen molar-refractivity contribution in [2.45, 2.75) is 57.7 Å². The third kappa shape index (κ3) is 4.86. The molecule has 3 aromatic rings. The van der Waals surface area contributed by atoms with Gasteiger partial charge in [0.05, 0.1) is 23.4 Å². The first-order valence-corrected chi connectivity index (χ1v) is 11.2. The average molecular weight is 466 g/mol. The molecule has 180 valence electrons. The minimum atomic E-state index is -0.477. The van der Waals surface area contributed by atoms with Crippen LogP contribution in [-0.4, -0.2) is 56.2 Å². The summed E-state index contributed by atoms with van der Waals surface area (Å²) in [6.07, 6.45) is 4.60. The Morgan fingerprint density at radius 1 is 1.15 bits per heavy atom. The van der Waals surface area contributed by atoms with Crippen molar-refractivity contribution in [2.75, 3.05) is 19.1 Å². The highest BCUT2D eigenvalue weighted by Crippen LogP contribution is 2.34. The normalized spacial score (nSPS) is 17.4. The van der Waals surface area contributed by atoms with Crippen molar-refractivity contribution in [1.82, 2.24) is 25.3 Å². The van der Waals surface area contributed by atoms with E-state index >= 15 is 0 Å². The van der Waals surface area contributed by atoms with E-state index in [1.165, 1.54) is 17.1 Å². The lowest BCUT2D eigenvalue weighted by Crippen LogP contribution is -2.62. The Labute approximate surface area is 199 Å². The van der Waals surface area contributed by atoms with Gasteiger partial charge in [0.25, 0.3) is 0 Å². The maximum atomic E-state index is 11.0. The second kappa shape index (κ2) is 8.68. The lowest BCUT2D eigenvalue weighted by atomic mass is 9.79. The SMILES string of the molecule is COc1cc(-n2cc([N+](=O)[O-])cn2)ccc1-c1ccc(N(C)C2CC(C)(C)NC(C)(C)C2)nn1. The van der Waals surface area contributed by atoms with Crippen LogP contribution in [-0.2, 0) is 0 Å². The van der Waals surface area contributed by atoms with E-state index in [-0.39, 0.29) is 16.8 Å². The Morgan fingerprint density at radius 3 is 2.41 bits per heavy atom. The van der Waals surface area contributed by atoms with Crippen LogP contribution in [0.15, 0.2) is 42.7 Å². The molecule has 0 unspecified atom stereocenters. The monoisotopic (exact) mass is 465 g/mol. The van der Waals surface area contributed by atoms with Crippen LogP contribution in [0.25, 0.3) is 16.9 Å². The first kappa shape index (κ1) is 23.6. The molecule has 1 saturated heterocycles. The molecular weight excluding hydrogens is 434 g/mol. The van der Waals surface area contributed by atoms with Gasteiger partial charge in [-0.3, -0.25) is 10.1 Å². The van der Waals surface area contributed by atoms with E-state index in [4.69, 9.17) is 4.74 Å². The van der Waals surface area contributed by atoms with Crippen molar-refractivity contribution >= 4 is 11.5 Å². The second-order valence-corrected chi connectivity index (χ2v) is 10.1. The largest absolute Gasteiger partial charge is 0.496 e. The van der Waals surface area contributed by atoms with Crippen molar-refractivity contribution in [3.8, 4) is 22.7 Å². The van der Waals surface area contributed by atoms with Crippen LogP contribution in [0.4, 0.5) is 11.5 Å². The smallest absolute Gasteiger partial charge is 0.307 e. The zero-order valence-corrected chi connectivity index (χ0v) is 20.4. The second-order valence-electron chi connectivity index (χ2n) is 10.1. The first-order valence-electron chi connectivity index (χ1n) is 11.2. The summed E-state index contributed by atoms with van der Waals surface area (Å²) < 4.78 is 7.02. The molecular formula is C24H31N7O3. The van der Waals surface area contributed by atoms with Crippen LogP contribution < -0.4 is 15.0 Å². The molecule has 1 fully saturated rings. The Bertz CT molecular complexity index is 1170. The fourth-order valence-electron chi connectivity index (χ4n) is 4.97. The third-order valence-corrected chi connectivity index (χ3v) is 6.23. The molecule has 0 amide bonds. The van der Waals surface area contributed by atoms with Crippen LogP contribution in [0.5, 0.6) is 5.75 Å². The van der Waals surface area contributed by atoms with Gasteiger partial charge in [-0.2, -0.15) is 5.10 Å². The summed E-state index contributed by atoms with van der Waals surface area (Å²) in [4.78, 5) is 12.7. The minimum Gasteiger partial charge on any atom is -0.496 e. The summed E-state index contributed by atoms with van der Waals surface area (Å²) in [5.41, 5.74) is 2.11. The molecule has 34 heavy (non-hydrogen) atoms. The van der Waals surface area contributed by atoms with E-state index in [9.17, 15) is 10.1 Å². The van der Waals surface area contributed by atoms with Gasteiger partial charge in [0.1, 0.15) is 18.1 Å². The molecule has 10 heteroatoms. The van der Waals surface area contributed by atoms with Gasteiger partial charge < -0.3 is 15.0 Å². The van der Waals surface area contributed by atoms with E-state index in [0.29, 0.717) is 23.2 Å². The number of nitrogens with zero attached hydrogens (tertiary/aromatic N) is 6. The molecule has 3 heterocycles. The molecule has 0 aliphatic carbocycles. The zero-order chi connectivity index (χ0) is 24.7. The van der Waals surface area contributed by atoms with Crippen molar-refractivity contribution in [3.63, 3.8) is 0 Å². The fraction of sp³-hybridized carbons (Fsp3) is 0.458. The van der Waals surface area contributed by atoms with Crippen molar-refractivity contribution in [1.29, 1.82) is 0 Å². The number of benzene rings is 1. The molecule has 1 aliphatic heterocycles. The summed E-state index contributed by atoms with van der Waals surface area (Å²) in [7, 11) is 3.65. The standard InChI is InChI=1S/C24H31N7O3/c1-23(2)12-17(13-24(3,4)28-23)29(5)22-10-9-20(26-27-22)19-8-7-16(11-21(19)34-6)30-15-18(14-25-30)31(32)33/h7-11,14-15,17,28H,12-13H2,1-6H3. The van der Waals surface area contributed by atoms with Gasteiger partial charge in [-0.25, -0.2) is 4.68 Å². The third-order valence-electron chi connectivity index (χ3n) is 6.23. The van der Waals surface area contributed by atoms with E-state index in [2.05, 4.69) is 60.3 Å². The molecule has 10 nitrogen and oxygen atoms in total. The highest BCUT2D eigenvalue weighted by atomic mass is 16.6. The highest BCUT2D eigenvalue weighted by Gasteiger charge is 2.39. The van der Waals surface area contributed by atoms with Crippen LogP contribution in [0.2, 0.25) is 0 Å². The molecule has 0 spiro atoms. The maximum Gasteiger partial charge on any atom is 0.307 e. The van der Waals surface area contributed by atoms with Crippen molar-refractivity contribution in [2.24, 2.45) is 0 Å². The molecule has 0 radical (unpaired) electrons. The van der Waals surface area contributed by atoms with Crippen molar-refractivity contribution < 1.29 is 9.66 Å². The van der Waals surface area contributed by atoms with E-state index in [1.807, 2.05) is 24.3 Å². The van der Waals surface area contributed by atoms with Gasteiger partial charge >= 0.3 is 5.69 Å². The minimum absolute atomic E-state index is 0.0398. The van der Waals surface area contributed by atoms with E-state index in [1.54, 1.807) is 13.2 Å². The number of hydrogen-bond acceptors (Lipinski definition) is 8. The van der Waals surface area contributed by atoms with Crippen LogP contribution >= 0.6 is 0 Å². The molecule has 0 saturated carbocycles. The molecule has 0 bridgehead atoms. The highest BCUT2D eigenvalue weighted by molar-refractivity contribution is 5.69. The lowest BCUT2D eigenvalue weighted by molar-refractivity contribution is -0.384. The molecule has 2 aromatic heterocycles. The summed E-state index contributed by atoms with van der Waals surface area (Å²) in [5.74, 6) is 1.40. The molecule has 1 N–H and O–H groups in total. The first-order chi connectivity index (χ1) is 16.0. The van der Waals surface area contributed by atoms with Gasteiger partial charge in [0, 0.05) is 35.8 Å². The number of methoxy groups -OCH3 is 1. The number of nitro groups is 1. The Kier molecular flexibility index (Phi) is 6.03. The molecule has 1 aromatic carbocycles. The molecule has 4 rings (SSSR count). The summed E-state index contributed by atoms with van der Waals surface area (Å²) in [6, 6.07) is 9.70. The Morgan fingerprint density at radius 2 is 1.85 bits per heavy atom. The Hall–Kier alpha value is -3.53. The molecule has 1 aliphatic rings. The van der Waals surface area contributed by atoms with Gasteiger partial charge in [0.15, 0.2) is 5.82 Å². The quantitative estimate of drug-likeness (QED) is 0.430. The average Bonchev–Trinajstić information content (AvgIpc) is 3.27. The van der Waals surface area contributed by atoms with Crippen LogP contribution in [0, 0.1) is 10.1 Å². The topological polar surface area (TPSA) is 111 Å². The Balaban J connectivity index is 1.57. The maximum absolute atomic E-state index is 11.0. The van der Waals surface area contributed by atoms with Crippen LogP contribution in [0.3, 0.4) is 0 Å². The van der Waals surface area contributed by atoms with Crippen molar-refractivity contribution in [3.05, 3.63) is 52.8 Å². The number of rotatable bonds is 6. The summed E-state index contributed by atoms with van der Waals surface area (Å²) in [5, 5.41) is 27.7. The summed E-state index contributed by atoms with van der Waals surface area (Å²) in [6.45, 7) is 8.95. The zero-order valence-electron chi connectivity index (χ0n) is 20.4. The molecule has 0 atom stereocenters. The van der Waals surface area contributed by atoms with E-state index in [0.717, 1.165) is 24.2 Å². The predicted octanol–water partition coefficient (Wildman–Crippen LogP) is 3.99. The predicted molar refractivity (Wildman–Crippen MR) is 131 cm³/mol. The number of aromatic nitrogens is 4. The number of nitrogens with one attached hydrogen (secondary N) is 1. The van der Waals surface area contributed by atoms with Crippen LogP contribution in [0.1, 0.15) is 40.5 Å². The fourth-order valence-corrected chi connectivity index (χ4v) is 4.97. The lowest BCUT2D eigenvalue weighted by Gasteiger charge is -2.49.